The van der Waals surface area contributed by atoms with Crippen molar-refractivity contribution in [2.24, 2.45) is 28.2 Å². The number of halogens is 10. The maximum absolute atomic E-state index is 13.7. The summed E-state index contributed by atoms with van der Waals surface area (Å²) >= 11 is 25.4. The number of piperazine rings is 4. The van der Waals surface area contributed by atoms with Gasteiger partial charge >= 0.3 is 5.97 Å². The van der Waals surface area contributed by atoms with E-state index in [4.69, 9.17) is 51.5 Å². The molecule has 23 nitrogen and oxygen atoms in total. The third-order valence-electron chi connectivity index (χ3n) is 24.9. The van der Waals surface area contributed by atoms with E-state index in [-0.39, 0.29) is 124 Å². The maximum Gasteiger partial charge on any atom is 0.337 e. The molecule has 33 heteroatoms. The molecule has 12 aromatic rings. The molecule has 4 aliphatic rings. The van der Waals surface area contributed by atoms with Crippen LogP contribution in [-0.2, 0) is 64.0 Å². The lowest BCUT2D eigenvalue weighted by atomic mass is 10.0. The van der Waals surface area contributed by atoms with Crippen molar-refractivity contribution in [1.82, 2.24) is 67.7 Å². The first-order valence-electron chi connectivity index (χ1n) is 43.4. The number of nitrogens with zero attached hydrogens (tertiary/aromatic N) is 13. The fourth-order valence-corrected chi connectivity index (χ4v) is 18.2. The molecule has 0 radical (unpaired) electrons. The van der Waals surface area contributed by atoms with E-state index in [0.717, 1.165) is 71.2 Å². The van der Waals surface area contributed by atoms with Crippen LogP contribution < -0.4 is 5.32 Å². The number of carboxylic acids is 1. The lowest BCUT2D eigenvalue weighted by molar-refractivity contribution is -0.124. The number of Topliss-reactive ketones (excluding diaryl/α,β-unsaturated/α-hetero) is 2. The standard InChI is InChI=1S/2C27H30ClFN4O3.C23H25ClFN3O.C13H19FN2.C10H8ClNO2.2ClH/c2*1-16-13-33(17(2)12-32(16)14-18-6-8-19(29)9-7-18)26(35)21-10-20-22(25(34)27(36)30(3)4)15-31(5)24(20)11-23(21)28;1-15-13-28(16(2)12-27(15)14-17-4-6-19(25)7-5-17)23(29)20-10-18-8-9-26(3)22(18)11-21(20)24;1-10-8-16(11(2)7-15-10)9-12-3-5-13(14)6-4-12;1-12-3-2-6-4-7(10(13)14)8(11)5-9(6)12;;/h2*6-11,15-17H,12-14H2,1-5H3;4-11,15-16H,12-14H2,1-3H3;3-6,10-11,15H,7-9H2,1-2H3;2-5H,1H3,(H,13,14);2*1H/t2*16-,17+;15-,16+;10-,11+;;;/m0001.../s1. The summed E-state index contributed by atoms with van der Waals surface area (Å²) in [4.78, 5) is 119. The van der Waals surface area contributed by atoms with Crippen molar-refractivity contribution in [3.63, 3.8) is 0 Å². The Hall–Kier alpha value is -10.7. The third-order valence-corrected chi connectivity index (χ3v) is 26.2. The second-order valence-electron chi connectivity index (χ2n) is 35.4. The quantitative estimate of drug-likeness (QED) is 0.0523. The molecule has 4 aliphatic heterocycles. The summed E-state index contributed by atoms with van der Waals surface area (Å²) in [5.41, 5.74) is 9.32. The number of hydrogen-bond donors (Lipinski definition) is 2. The molecule has 0 bridgehead atoms. The van der Waals surface area contributed by atoms with Crippen LogP contribution in [0.2, 0.25) is 20.1 Å². The number of hydrogen-bond acceptors (Lipinski definition) is 13. The average Bonchev–Trinajstić information content (AvgIpc) is 1.65. The van der Waals surface area contributed by atoms with Crippen molar-refractivity contribution in [1.29, 1.82) is 0 Å². The zero-order valence-corrected chi connectivity index (χ0v) is 81.9. The highest BCUT2D eigenvalue weighted by Crippen LogP contribution is 2.36. The second kappa shape index (κ2) is 45.1. The number of nitrogens with one attached hydrogen (secondary N) is 1. The number of aromatic carboxylic acids is 1. The van der Waals surface area contributed by atoms with Gasteiger partial charge in [-0.25, -0.2) is 22.4 Å². The summed E-state index contributed by atoms with van der Waals surface area (Å²) in [6, 6.07) is 45.1. The predicted molar refractivity (Wildman–Crippen MR) is 523 cm³/mol. The minimum Gasteiger partial charge on any atom is -0.478 e. The van der Waals surface area contributed by atoms with Crippen LogP contribution in [0.1, 0.15) is 140 Å². The van der Waals surface area contributed by atoms with E-state index in [1.54, 1.807) is 106 Å². The van der Waals surface area contributed by atoms with Gasteiger partial charge in [0, 0.05) is 241 Å². The van der Waals surface area contributed by atoms with Gasteiger partial charge in [0.05, 0.1) is 64.5 Å². The van der Waals surface area contributed by atoms with E-state index in [9.17, 15) is 55.9 Å². The predicted octanol–water partition coefficient (Wildman–Crippen LogP) is 18.0. The average molecular weight is 1940 g/mol. The topological polar surface area (TPSA) is 218 Å². The minimum atomic E-state index is -0.999. The van der Waals surface area contributed by atoms with Crippen molar-refractivity contribution >= 4 is 162 Å². The summed E-state index contributed by atoms with van der Waals surface area (Å²) in [7, 11) is 13.5. The Morgan fingerprint density at radius 1 is 0.353 bits per heavy atom. The zero-order valence-electron chi connectivity index (χ0n) is 77.3. The summed E-state index contributed by atoms with van der Waals surface area (Å²) in [5.74, 6) is -4.92. The number of rotatable bonds is 16. The Morgan fingerprint density at radius 3 is 0.932 bits per heavy atom. The minimum absolute atomic E-state index is 0. The number of likely N-dealkylation sites (N-methyl/N-ethyl adjacent to an activating group) is 2. The molecule has 0 aliphatic carbocycles. The van der Waals surface area contributed by atoms with Crippen LogP contribution in [0.25, 0.3) is 43.6 Å². The van der Waals surface area contributed by atoms with Gasteiger partial charge in [-0.3, -0.25) is 53.2 Å². The smallest absolute Gasteiger partial charge is 0.337 e. The number of amides is 5. The number of aromatic nitrogens is 4. The van der Waals surface area contributed by atoms with Gasteiger partial charge in [-0.2, -0.15) is 0 Å². The molecule has 0 spiro atoms. The Morgan fingerprint density at radius 2 is 0.632 bits per heavy atom. The molecule has 4 fully saturated rings. The zero-order chi connectivity index (χ0) is 95.2. The van der Waals surface area contributed by atoms with Crippen molar-refractivity contribution in [3.8, 4) is 0 Å². The molecule has 8 atom stereocenters. The van der Waals surface area contributed by atoms with Crippen molar-refractivity contribution in [2.75, 3.05) is 80.5 Å². The number of aryl methyl sites for hydroxylation is 4. The van der Waals surface area contributed by atoms with Gasteiger partial charge in [0.2, 0.25) is 0 Å². The van der Waals surface area contributed by atoms with Gasteiger partial charge in [-0.15, -0.1) is 24.8 Å². The number of carbonyl (C=O) groups is 8. The van der Waals surface area contributed by atoms with Crippen LogP contribution in [0.3, 0.4) is 0 Å². The molecule has 0 unspecified atom stereocenters. The van der Waals surface area contributed by atoms with Gasteiger partial charge in [0.1, 0.15) is 23.3 Å². The normalized spacial score (nSPS) is 18.8. The number of ketones is 2. The number of carbonyl (C=O) groups excluding carboxylic acids is 7. The van der Waals surface area contributed by atoms with Crippen LogP contribution in [0.4, 0.5) is 17.6 Å². The second-order valence-corrected chi connectivity index (χ2v) is 37.0. The van der Waals surface area contributed by atoms with E-state index in [1.807, 2.05) is 103 Å². The van der Waals surface area contributed by atoms with Crippen molar-refractivity contribution in [2.45, 2.75) is 130 Å². The molecule has 0 saturated carbocycles. The van der Waals surface area contributed by atoms with E-state index < -0.39 is 29.4 Å². The van der Waals surface area contributed by atoms with Crippen LogP contribution in [0.5, 0.6) is 0 Å². The first kappa shape index (κ1) is 104. The molecular weight excluding hydrogens is 1830 g/mol. The van der Waals surface area contributed by atoms with Crippen LogP contribution in [0, 0.1) is 23.3 Å². The summed E-state index contributed by atoms with van der Waals surface area (Å²) in [5, 5.41) is 16.6. The van der Waals surface area contributed by atoms with Gasteiger partial charge in [0.15, 0.2) is 0 Å². The van der Waals surface area contributed by atoms with Gasteiger partial charge in [-0.1, -0.05) is 94.9 Å². The van der Waals surface area contributed by atoms with E-state index in [0.29, 0.717) is 111 Å². The lowest BCUT2D eigenvalue weighted by Gasteiger charge is -2.44. The fraction of sp³-hybridized carbons (Fsp3) is 0.360. The molecule has 8 heterocycles. The molecule has 4 aromatic heterocycles. The van der Waals surface area contributed by atoms with Crippen LogP contribution in [-0.4, -0.2) is 243 Å². The third kappa shape index (κ3) is 24.7. The Labute approximate surface area is 805 Å². The highest BCUT2D eigenvalue weighted by Gasteiger charge is 2.39. The van der Waals surface area contributed by atoms with Crippen molar-refractivity contribution < 1.29 is 61.0 Å². The Balaban J connectivity index is 0.000000179. The van der Waals surface area contributed by atoms with Crippen LogP contribution in [0.15, 0.2) is 183 Å². The first-order chi connectivity index (χ1) is 62.0. The van der Waals surface area contributed by atoms with Gasteiger partial charge in [-0.05, 0) is 187 Å². The molecule has 5 amide bonds. The van der Waals surface area contributed by atoms with Crippen molar-refractivity contribution in [3.05, 3.63) is 282 Å². The van der Waals surface area contributed by atoms with Crippen LogP contribution >= 0.6 is 71.2 Å². The molecule has 708 valence electrons. The Bertz CT molecular complexity index is 6030. The highest BCUT2D eigenvalue weighted by atomic mass is 35.5. The monoisotopic (exact) mass is 1940 g/mol. The van der Waals surface area contributed by atoms with E-state index in [2.05, 4.69) is 66.5 Å². The van der Waals surface area contributed by atoms with Gasteiger partial charge in [0.25, 0.3) is 41.1 Å². The first-order valence-corrected chi connectivity index (χ1v) is 45.0. The maximum atomic E-state index is 13.7. The molecule has 2 N–H and O–H groups in total. The molecule has 4 saturated heterocycles. The molecule has 16 rings (SSSR count). The van der Waals surface area contributed by atoms with E-state index >= 15 is 0 Å². The summed E-state index contributed by atoms with van der Waals surface area (Å²) < 4.78 is 59.8. The largest absolute Gasteiger partial charge is 0.478 e. The molecule has 8 aromatic carbocycles. The summed E-state index contributed by atoms with van der Waals surface area (Å²) in [6.45, 7) is 25.4. The number of fused-ring (bicyclic) bond motifs is 4. The Kier molecular flexibility index (Phi) is 35.4. The number of carboxylic acid groups (broad SMARTS) is 1. The lowest BCUT2D eigenvalue weighted by Crippen LogP contribution is -2.57. The summed E-state index contributed by atoms with van der Waals surface area (Å²) in [6.07, 6.45) is 7.02. The highest BCUT2D eigenvalue weighted by molar-refractivity contribution is 6.46. The molecular formula is C100H114Cl6F4N14O9. The number of benzene rings is 8. The van der Waals surface area contributed by atoms with Gasteiger partial charge < -0.3 is 53.2 Å². The molecule has 133 heavy (non-hydrogen) atoms. The fourth-order valence-electron chi connectivity index (χ4n) is 17.2. The SMILES string of the molecule is C[C@@H]1CN(Cc2ccc(F)cc2)[C@@H](C)CN1.C[C@@H]1CN(Cc2ccc(F)cc2)[C@@H](C)CN1C(=O)c1cc2c(C(=O)C(=O)N(C)C)cn(C)c2cc1Cl.C[C@@H]1CN(Cc2ccc(F)cc2)[C@@H](C)CN1C(=O)c1cc2c(C(=O)C(=O)N(C)C)cn(C)c2cc1Cl.C[C@@H]1CN(Cc2ccc(F)cc2)[C@@H](C)CN1C(=O)c1cc2ccn(C)c2cc1Cl.Cl.Cl.Cn1ccc2cc(C(=O)O)c(Cl)cc21. The van der Waals surface area contributed by atoms with E-state index in [1.165, 1.54) is 92.1 Å².